The number of hydrogen-bond donors (Lipinski definition) is 4. The van der Waals surface area contributed by atoms with Crippen molar-refractivity contribution in [1.82, 2.24) is 0 Å². The monoisotopic (exact) mass is 348 g/mol. The first-order valence-electron chi connectivity index (χ1n) is 8.24. The largest absolute Gasteiger partial charge is 0.508 e. The van der Waals surface area contributed by atoms with Gasteiger partial charge in [-0.1, -0.05) is 6.07 Å². The van der Waals surface area contributed by atoms with Gasteiger partial charge in [-0.3, -0.25) is 4.79 Å². The Morgan fingerprint density at radius 1 is 0.769 bits per heavy atom. The highest BCUT2D eigenvalue weighted by atomic mass is 16.6. The van der Waals surface area contributed by atoms with E-state index in [-0.39, 0.29) is 22.8 Å². The van der Waals surface area contributed by atoms with Gasteiger partial charge >= 0.3 is 0 Å². The number of fused-ring (bicyclic) bond motifs is 7. The van der Waals surface area contributed by atoms with Crippen LogP contribution in [0.3, 0.4) is 0 Å². The zero-order valence-corrected chi connectivity index (χ0v) is 13.2. The Morgan fingerprint density at radius 2 is 1.46 bits per heavy atom. The topological polar surface area (TPSA) is 111 Å². The quantitative estimate of drug-likeness (QED) is 0.364. The molecule has 6 heteroatoms. The summed E-state index contributed by atoms with van der Waals surface area (Å²) >= 11 is 0. The SMILES string of the molecule is O=C1[C@@H](O)c2c(O)cc3c(c2[C@H]2O[C@@H]12)-c1ccc(O)c2c(O)ccc-3c12. The number of carbonyl (C=O) groups is 1. The maximum Gasteiger partial charge on any atom is 0.197 e. The molecule has 0 bridgehead atoms. The third kappa shape index (κ3) is 1.40. The maximum absolute atomic E-state index is 12.1. The molecule has 0 spiro atoms. The molecule has 128 valence electrons. The van der Waals surface area contributed by atoms with Gasteiger partial charge in [0, 0.05) is 16.5 Å². The molecule has 3 atom stereocenters. The fourth-order valence-corrected chi connectivity index (χ4v) is 4.53. The Balaban J connectivity index is 1.80. The Morgan fingerprint density at radius 3 is 2.19 bits per heavy atom. The average Bonchev–Trinajstić information content (AvgIpc) is 3.35. The summed E-state index contributed by atoms with van der Waals surface area (Å²) < 4.78 is 5.49. The van der Waals surface area contributed by atoms with Crippen LogP contribution in [0, 0.1) is 0 Å². The van der Waals surface area contributed by atoms with Gasteiger partial charge in [0.2, 0.25) is 0 Å². The molecule has 0 unspecified atom stereocenters. The van der Waals surface area contributed by atoms with Gasteiger partial charge in [0.05, 0.1) is 5.39 Å². The van der Waals surface area contributed by atoms with Crippen molar-refractivity contribution < 1.29 is 30.0 Å². The molecule has 4 N–H and O–H groups in total. The number of epoxide rings is 1. The van der Waals surface area contributed by atoms with Crippen LogP contribution in [0.15, 0.2) is 30.3 Å². The number of Topliss-reactive ketones (excluding diaryl/α,β-unsaturated/α-hetero) is 1. The molecular formula is C20H12O6. The molecule has 1 aliphatic heterocycles. The number of ether oxygens (including phenoxy) is 1. The summed E-state index contributed by atoms with van der Waals surface area (Å²) in [6, 6.07) is 8.00. The van der Waals surface area contributed by atoms with Crippen LogP contribution in [-0.2, 0) is 9.53 Å². The summed E-state index contributed by atoms with van der Waals surface area (Å²) in [6.07, 6.45) is -2.61. The number of ketones is 1. The Hall–Kier alpha value is -3.09. The number of aliphatic hydroxyl groups excluding tert-OH is 1. The smallest absolute Gasteiger partial charge is 0.197 e. The van der Waals surface area contributed by atoms with E-state index < -0.39 is 24.1 Å². The van der Waals surface area contributed by atoms with Crippen molar-refractivity contribution in [2.45, 2.75) is 18.3 Å². The zero-order chi connectivity index (χ0) is 17.9. The summed E-state index contributed by atoms with van der Waals surface area (Å²) in [5, 5.41) is 42.3. The van der Waals surface area contributed by atoms with Gasteiger partial charge < -0.3 is 25.2 Å². The number of aromatic hydroxyl groups is 3. The van der Waals surface area contributed by atoms with Crippen molar-refractivity contribution in [3.63, 3.8) is 0 Å². The van der Waals surface area contributed by atoms with Crippen molar-refractivity contribution in [2.75, 3.05) is 0 Å². The Kier molecular flexibility index (Phi) is 2.27. The van der Waals surface area contributed by atoms with Crippen LogP contribution in [0.1, 0.15) is 23.3 Å². The minimum absolute atomic E-state index is 0.0373. The van der Waals surface area contributed by atoms with E-state index in [1.165, 1.54) is 18.2 Å². The maximum atomic E-state index is 12.1. The molecule has 0 saturated carbocycles. The van der Waals surface area contributed by atoms with E-state index in [2.05, 4.69) is 0 Å². The third-order valence-electron chi connectivity index (χ3n) is 5.66. The fraction of sp³-hybridized carbons (Fsp3) is 0.150. The highest BCUT2D eigenvalue weighted by Gasteiger charge is 2.56. The first-order valence-corrected chi connectivity index (χ1v) is 8.24. The van der Waals surface area contributed by atoms with Crippen LogP contribution in [0.4, 0.5) is 0 Å². The lowest BCUT2D eigenvalue weighted by Crippen LogP contribution is -2.24. The minimum atomic E-state index is -1.43. The highest BCUT2D eigenvalue weighted by Crippen LogP contribution is 2.61. The molecule has 0 amide bonds. The molecular weight excluding hydrogens is 336 g/mol. The molecule has 1 saturated heterocycles. The first-order chi connectivity index (χ1) is 12.5. The van der Waals surface area contributed by atoms with Crippen molar-refractivity contribution in [1.29, 1.82) is 0 Å². The van der Waals surface area contributed by atoms with E-state index in [1.54, 1.807) is 12.1 Å². The summed E-state index contributed by atoms with van der Waals surface area (Å²) in [5.41, 5.74) is 3.82. The molecule has 2 aliphatic carbocycles. The van der Waals surface area contributed by atoms with Crippen LogP contribution < -0.4 is 0 Å². The van der Waals surface area contributed by atoms with E-state index in [0.29, 0.717) is 16.3 Å². The van der Waals surface area contributed by atoms with Gasteiger partial charge in [0.1, 0.15) is 29.5 Å². The summed E-state index contributed by atoms with van der Waals surface area (Å²) in [7, 11) is 0. The molecule has 3 aromatic rings. The summed E-state index contributed by atoms with van der Waals surface area (Å²) in [6.45, 7) is 0. The molecule has 6 rings (SSSR count). The summed E-state index contributed by atoms with van der Waals surface area (Å²) in [4.78, 5) is 12.1. The number of phenolic OH excluding ortho intramolecular Hbond substituents is 3. The van der Waals surface area contributed by atoms with E-state index >= 15 is 0 Å². The van der Waals surface area contributed by atoms with Gasteiger partial charge in [-0.05, 0) is 46.5 Å². The van der Waals surface area contributed by atoms with Crippen LogP contribution in [0.25, 0.3) is 33.0 Å². The van der Waals surface area contributed by atoms with Crippen LogP contribution in [0.5, 0.6) is 17.2 Å². The van der Waals surface area contributed by atoms with Gasteiger partial charge in [0.15, 0.2) is 11.9 Å². The minimum Gasteiger partial charge on any atom is -0.508 e. The van der Waals surface area contributed by atoms with Crippen molar-refractivity contribution >= 4 is 16.6 Å². The number of hydrogen-bond acceptors (Lipinski definition) is 6. The third-order valence-corrected chi connectivity index (χ3v) is 5.66. The van der Waals surface area contributed by atoms with Gasteiger partial charge in [-0.2, -0.15) is 0 Å². The molecule has 0 radical (unpaired) electrons. The highest BCUT2D eigenvalue weighted by molar-refractivity contribution is 6.19. The normalized spacial score (nSPS) is 24.3. The zero-order valence-electron chi connectivity index (χ0n) is 13.2. The molecule has 1 fully saturated rings. The second-order valence-corrected chi connectivity index (χ2v) is 6.94. The molecule has 3 aliphatic rings. The number of phenols is 3. The standard InChI is InChI=1S/C20H12O6/c21-9-3-1-6-8-5-11(23)15-16(19-20(26-19)18(25)17(15)24)13(8)7-2-4-10(22)14(9)12(6)7/h1-5,17,19-24H/t17-,19+,20-/m0/s1. The van der Waals surface area contributed by atoms with Crippen molar-refractivity contribution in [2.24, 2.45) is 0 Å². The number of carbonyl (C=O) groups excluding carboxylic acids is 1. The predicted molar refractivity (Wildman–Crippen MR) is 91.0 cm³/mol. The van der Waals surface area contributed by atoms with E-state index in [4.69, 9.17) is 4.74 Å². The summed E-state index contributed by atoms with van der Waals surface area (Å²) in [5.74, 6) is -0.678. The van der Waals surface area contributed by atoms with Crippen LogP contribution >= 0.6 is 0 Å². The molecule has 0 aromatic heterocycles. The van der Waals surface area contributed by atoms with E-state index in [0.717, 1.165) is 22.3 Å². The van der Waals surface area contributed by atoms with E-state index in [1.807, 2.05) is 0 Å². The molecule has 1 heterocycles. The predicted octanol–water partition coefficient (Wildman–Crippen LogP) is 2.66. The second kappa shape index (κ2) is 4.17. The lowest BCUT2D eigenvalue weighted by Gasteiger charge is -2.22. The van der Waals surface area contributed by atoms with Crippen LogP contribution in [-0.4, -0.2) is 32.3 Å². The first kappa shape index (κ1) is 14.1. The number of benzene rings is 3. The van der Waals surface area contributed by atoms with Gasteiger partial charge in [-0.25, -0.2) is 0 Å². The lowest BCUT2D eigenvalue weighted by molar-refractivity contribution is -0.129. The van der Waals surface area contributed by atoms with Crippen molar-refractivity contribution in [3.8, 4) is 39.5 Å². The molecule has 26 heavy (non-hydrogen) atoms. The average molecular weight is 348 g/mol. The molecule has 3 aromatic carbocycles. The van der Waals surface area contributed by atoms with Gasteiger partial charge in [-0.15, -0.1) is 0 Å². The fourth-order valence-electron chi connectivity index (χ4n) is 4.53. The molecule has 6 nitrogen and oxygen atoms in total. The Labute approximate surface area is 146 Å². The van der Waals surface area contributed by atoms with Gasteiger partial charge in [0.25, 0.3) is 0 Å². The lowest BCUT2D eigenvalue weighted by atomic mass is 9.82. The van der Waals surface area contributed by atoms with E-state index in [9.17, 15) is 25.2 Å². The number of rotatable bonds is 0. The Bertz CT molecular complexity index is 1190. The number of aliphatic hydroxyl groups is 1. The second-order valence-electron chi connectivity index (χ2n) is 6.94. The van der Waals surface area contributed by atoms with Crippen LogP contribution in [0.2, 0.25) is 0 Å². The van der Waals surface area contributed by atoms with Crippen molar-refractivity contribution in [3.05, 3.63) is 41.5 Å².